The minimum Gasteiger partial charge on any atom is -0.355 e. The van der Waals surface area contributed by atoms with Crippen molar-refractivity contribution in [3.8, 4) is 0 Å². The van der Waals surface area contributed by atoms with Crippen LogP contribution in [0.2, 0.25) is 0 Å². The molecule has 5 nitrogen and oxygen atoms in total. The molecular weight excluding hydrogens is 309 g/mol. The fourth-order valence-corrected chi connectivity index (χ4v) is 2.74. The van der Waals surface area contributed by atoms with Crippen molar-refractivity contribution in [1.29, 1.82) is 0 Å². The number of hydrogen-bond acceptors (Lipinski definition) is 3. The molecule has 0 aliphatic carbocycles. The van der Waals surface area contributed by atoms with Crippen molar-refractivity contribution >= 4 is 11.8 Å². The Labute approximate surface area is 142 Å². The third-order valence-corrected chi connectivity index (χ3v) is 4.21. The summed E-state index contributed by atoms with van der Waals surface area (Å²) in [6.45, 7) is 5.89. The zero-order valence-corrected chi connectivity index (χ0v) is 14.3. The molecule has 24 heavy (non-hydrogen) atoms. The lowest BCUT2D eigenvalue weighted by molar-refractivity contribution is -0.133. The molecule has 0 atom stereocenters. The number of carbonyl (C=O) groups excluding carboxylic acids is 2. The van der Waals surface area contributed by atoms with Crippen LogP contribution in [-0.4, -0.2) is 60.9 Å². The number of nitrogens with zero attached hydrogens (tertiary/aromatic N) is 2. The standard InChI is InChI=1S/C18H26FN3O2/c1-2-9-20-17(23)14-21-10-12-22(13-11-21)18(24)8-5-15-3-6-16(19)7-4-15/h3-4,6-7H,2,5,8-14H2,1H3,(H,20,23). The van der Waals surface area contributed by atoms with Crippen LogP contribution in [0.15, 0.2) is 24.3 Å². The number of nitrogens with one attached hydrogen (secondary N) is 1. The molecule has 0 saturated carbocycles. The second kappa shape index (κ2) is 9.37. The van der Waals surface area contributed by atoms with Crippen molar-refractivity contribution in [3.05, 3.63) is 35.6 Å². The molecule has 1 aromatic carbocycles. The topological polar surface area (TPSA) is 52.7 Å². The SMILES string of the molecule is CCCNC(=O)CN1CCN(C(=O)CCc2ccc(F)cc2)CC1. The van der Waals surface area contributed by atoms with E-state index in [4.69, 9.17) is 0 Å². The Bertz CT molecular complexity index is 540. The molecule has 1 fully saturated rings. The van der Waals surface area contributed by atoms with E-state index in [-0.39, 0.29) is 17.6 Å². The smallest absolute Gasteiger partial charge is 0.234 e. The van der Waals surface area contributed by atoms with E-state index in [9.17, 15) is 14.0 Å². The van der Waals surface area contributed by atoms with Gasteiger partial charge in [0.15, 0.2) is 0 Å². The summed E-state index contributed by atoms with van der Waals surface area (Å²) in [6, 6.07) is 6.27. The van der Waals surface area contributed by atoms with Crippen LogP contribution in [0.3, 0.4) is 0 Å². The number of piperazine rings is 1. The lowest BCUT2D eigenvalue weighted by Crippen LogP contribution is -2.51. The molecule has 0 unspecified atom stereocenters. The van der Waals surface area contributed by atoms with Crippen LogP contribution < -0.4 is 5.32 Å². The van der Waals surface area contributed by atoms with Crippen molar-refractivity contribution in [2.45, 2.75) is 26.2 Å². The minimum absolute atomic E-state index is 0.0490. The molecule has 1 aliphatic heterocycles. The summed E-state index contributed by atoms with van der Waals surface area (Å²) in [4.78, 5) is 27.9. The highest BCUT2D eigenvalue weighted by atomic mass is 19.1. The van der Waals surface area contributed by atoms with Crippen molar-refractivity contribution in [3.63, 3.8) is 0 Å². The fraction of sp³-hybridized carbons (Fsp3) is 0.556. The molecular formula is C18H26FN3O2. The molecule has 1 N–H and O–H groups in total. The van der Waals surface area contributed by atoms with E-state index in [1.165, 1.54) is 12.1 Å². The van der Waals surface area contributed by atoms with Crippen LogP contribution in [0.25, 0.3) is 0 Å². The first-order valence-electron chi connectivity index (χ1n) is 8.59. The number of rotatable bonds is 7. The summed E-state index contributed by atoms with van der Waals surface area (Å²) >= 11 is 0. The third kappa shape index (κ3) is 5.92. The number of amides is 2. The summed E-state index contributed by atoms with van der Waals surface area (Å²) < 4.78 is 12.9. The third-order valence-electron chi connectivity index (χ3n) is 4.21. The molecule has 6 heteroatoms. The number of benzene rings is 1. The van der Waals surface area contributed by atoms with Gasteiger partial charge in [0.25, 0.3) is 0 Å². The van der Waals surface area contributed by atoms with E-state index in [0.29, 0.717) is 39.0 Å². The van der Waals surface area contributed by atoms with E-state index in [2.05, 4.69) is 10.2 Å². The normalized spacial score (nSPS) is 15.3. The van der Waals surface area contributed by atoms with Gasteiger partial charge in [-0.15, -0.1) is 0 Å². The maximum Gasteiger partial charge on any atom is 0.234 e. The molecule has 0 bridgehead atoms. The van der Waals surface area contributed by atoms with Gasteiger partial charge < -0.3 is 10.2 Å². The maximum absolute atomic E-state index is 12.9. The van der Waals surface area contributed by atoms with Gasteiger partial charge in [0.05, 0.1) is 6.54 Å². The Morgan fingerprint density at radius 3 is 2.42 bits per heavy atom. The second-order valence-corrected chi connectivity index (χ2v) is 6.13. The fourth-order valence-electron chi connectivity index (χ4n) is 2.74. The van der Waals surface area contributed by atoms with E-state index >= 15 is 0 Å². The van der Waals surface area contributed by atoms with Crippen LogP contribution in [0.1, 0.15) is 25.3 Å². The molecule has 1 heterocycles. The van der Waals surface area contributed by atoms with E-state index in [1.54, 1.807) is 12.1 Å². The van der Waals surface area contributed by atoms with Crippen molar-refractivity contribution < 1.29 is 14.0 Å². The molecule has 0 spiro atoms. The quantitative estimate of drug-likeness (QED) is 0.820. The van der Waals surface area contributed by atoms with Gasteiger partial charge in [0, 0.05) is 39.1 Å². The summed E-state index contributed by atoms with van der Waals surface area (Å²) in [5, 5.41) is 2.87. The highest BCUT2D eigenvalue weighted by Gasteiger charge is 2.22. The monoisotopic (exact) mass is 335 g/mol. The zero-order valence-electron chi connectivity index (χ0n) is 14.3. The van der Waals surface area contributed by atoms with E-state index in [0.717, 1.165) is 25.1 Å². The molecule has 1 aromatic rings. The number of aryl methyl sites for hydroxylation is 1. The largest absolute Gasteiger partial charge is 0.355 e. The number of halogens is 1. The summed E-state index contributed by atoms with van der Waals surface area (Å²) in [5.41, 5.74) is 0.969. The summed E-state index contributed by atoms with van der Waals surface area (Å²) in [7, 11) is 0. The molecule has 0 aromatic heterocycles. The molecule has 2 rings (SSSR count). The van der Waals surface area contributed by atoms with Crippen molar-refractivity contribution in [2.24, 2.45) is 0 Å². The Balaban J connectivity index is 1.68. The van der Waals surface area contributed by atoms with Gasteiger partial charge >= 0.3 is 0 Å². The van der Waals surface area contributed by atoms with Crippen molar-refractivity contribution in [1.82, 2.24) is 15.1 Å². The van der Waals surface area contributed by atoms with Crippen LogP contribution >= 0.6 is 0 Å². The van der Waals surface area contributed by atoms with Crippen LogP contribution in [0.4, 0.5) is 4.39 Å². The van der Waals surface area contributed by atoms with Gasteiger partial charge in [-0.2, -0.15) is 0 Å². The van der Waals surface area contributed by atoms with Gasteiger partial charge in [-0.1, -0.05) is 19.1 Å². The van der Waals surface area contributed by atoms with Gasteiger partial charge in [-0.05, 0) is 30.5 Å². The Kier molecular flexibility index (Phi) is 7.18. The van der Waals surface area contributed by atoms with Gasteiger partial charge in [0.2, 0.25) is 11.8 Å². The van der Waals surface area contributed by atoms with E-state index < -0.39 is 0 Å². The van der Waals surface area contributed by atoms with Crippen LogP contribution in [0, 0.1) is 5.82 Å². The molecule has 2 amide bonds. The van der Waals surface area contributed by atoms with E-state index in [1.807, 2.05) is 11.8 Å². The van der Waals surface area contributed by atoms with Gasteiger partial charge in [-0.25, -0.2) is 4.39 Å². The first kappa shape index (κ1) is 18.4. The maximum atomic E-state index is 12.9. The molecule has 1 aliphatic rings. The average molecular weight is 335 g/mol. The Morgan fingerprint density at radius 1 is 1.12 bits per heavy atom. The second-order valence-electron chi connectivity index (χ2n) is 6.13. The summed E-state index contributed by atoms with van der Waals surface area (Å²) in [6.07, 6.45) is 1.99. The Morgan fingerprint density at radius 2 is 1.79 bits per heavy atom. The highest BCUT2D eigenvalue weighted by molar-refractivity contribution is 5.78. The predicted octanol–water partition coefficient (Wildman–Crippen LogP) is 1.43. The average Bonchev–Trinajstić information content (AvgIpc) is 2.60. The number of hydrogen-bond donors (Lipinski definition) is 1. The number of carbonyl (C=O) groups is 2. The van der Waals surface area contributed by atoms with Gasteiger partial charge in [0.1, 0.15) is 5.82 Å². The predicted molar refractivity (Wildman–Crippen MR) is 91.0 cm³/mol. The molecule has 0 radical (unpaired) electrons. The molecule has 132 valence electrons. The first-order valence-corrected chi connectivity index (χ1v) is 8.59. The lowest BCUT2D eigenvalue weighted by atomic mass is 10.1. The lowest BCUT2D eigenvalue weighted by Gasteiger charge is -2.34. The van der Waals surface area contributed by atoms with Crippen molar-refractivity contribution in [2.75, 3.05) is 39.3 Å². The zero-order chi connectivity index (χ0) is 17.4. The molecule has 1 saturated heterocycles. The minimum atomic E-state index is -0.260. The first-order chi connectivity index (χ1) is 11.6. The summed E-state index contributed by atoms with van der Waals surface area (Å²) in [5.74, 6) is -0.0912. The Hall–Kier alpha value is -1.95. The van der Waals surface area contributed by atoms with Crippen LogP contribution in [0.5, 0.6) is 0 Å². The highest BCUT2D eigenvalue weighted by Crippen LogP contribution is 2.09. The van der Waals surface area contributed by atoms with Crippen LogP contribution in [-0.2, 0) is 16.0 Å². The van der Waals surface area contributed by atoms with Gasteiger partial charge in [-0.3, -0.25) is 14.5 Å².